The summed E-state index contributed by atoms with van der Waals surface area (Å²) in [5.41, 5.74) is 2.29. The van der Waals surface area contributed by atoms with Crippen molar-refractivity contribution in [2.45, 2.75) is 25.4 Å². The van der Waals surface area contributed by atoms with Crippen LogP contribution in [0.4, 0.5) is 8.78 Å². The second kappa shape index (κ2) is 12.0. The molecule has 0 radical (unpaired) electrons. The normalized spacial score (nSPS) is 12.3. The number of nitriles is 1. The average Bonchev–Trinajstić information content (AvgIpc) is 3.34. The van der Waals surface area contributed by atoms with Gasteiger partial charge in [-0.1, -0.05) is 48.0 Å². The van der Waals surface area contributed by atoms with Crippen LogP contribution in [0, 0.1) is 29.9 Å². The van der Waals surface area contributed by atoms with Gasteiger partial charge in [0.2, 0.25) is 5.91 Å². The maximum Gasteiger partial charge on any atom is 0.251 e. The van der Waals surface area contributed by atoms with Crippen molar-refractivity contribution in [3.63, 3.8) is 0 Å². The van der Waals surface area contributed by atoms with Gasteiger partial charge in [0.15, 0.2) is 6.04 Å². The van der Waals surface area contributed by atoms with Crippen molar-refractivity contribution in [1.29, 1.82) is 5.26 Å². The highest BCUT2D eigenvalue weighted by molar-refractivity contribution is 7.10. The van der Waals surface area contributed by atoms with Crippen molar-refractivity contribution in [3.05, 3.63) is 116 Å². The van der Waals surface area contributed by atoms with E-state index in [9.17, 15) is 23.6 Å². The fourth-order valence-electron chi connectivity index (χ4n) is 3.96. The van der Waals surface area contributed by atoms with Crippen LogP contribution < -0.4 is 10.6 Å². The number of halogens is 3. The van der Waals surface area contributed by atoms with Gasteiger partial charge >= 0.3 is 0 Å². The summed E-state index contributed by atoms with van der Waals surface area (Å²) >= 11 is 7.56. The molecule has 1 unspecified atom stereocenters. The first kappa shape index (κ1) is 27.0. The van der Waals surface area contributed by atoms with Gasteiger partial charge in [0.05, 0.1) is 6.07 Å². The highest BCUT2D eigenvalue weighted by atomic mass is 35.5. The summed E-state index contributed by atoms with van der Waals surface area (Å²) in [5.74, 6) is -3.04. The molecule has 0 spiro atoms. The Bertz CT molecular complexity index is 1490. The second-order valence-corrected chi connectivity index (χ2v) is 9.88. The lowest BCUT2D eigenvalue weighted by Crippen LogP contribution is -2.49. The Kier molecular flexibility index (Phi) is 8.52. The summed E-state index contributed by atoms with van der Waals surface area (Å²) < 4.78 is 28.9. The zero-order chi connectivity index (χ0) is 27.2. The highest BCUT2D eigenvalue weighted by Crippen LogP contribution is 2.28. The van der Waals surface area contributed by atoms with E-state index in [1.54, 1.807) is 35.7 Å². The molecule has 1 aromatic heterocycles. The van der Waals surface area contributed by atoms with Gasteiger partial charge in [0, 0.05) is 33.0 Å². The largest absolute Gasteiger partial charge is 0.340 e. The van der Waals surface area contributed by atoms with Crippen LogP contribution in [0.3, 0.4) is 0 Å². The Morgan fingerprint density at radius 2 is 1.66 bits per heavy atom. The number of thiophene rings is 1. The Morgan fingerprint density at radius 1 is 0.974 bits per heavy atom. The second-order valence-electron chi connectivity index (χ2n) is 8.53. The van der Waals surface area contributed by atoms with Gasteiger partial charge < -0.3 is 10.6 Å². The van der Waals surface area contributed by atoms with Crippen molar-refractivity contribution >= 4 is 34.8 Å². The molecule has 2 N–H and O–H groups in total. The molecule has 4 rings (SSSR count). The van der Waals surface area contributed by atoms with Crippen molar-refractivity contribution < 1.29 is 18.4 Å². The number of nitrogens with zero attached hydrogens (tertiary/aromatic N) is 1. The molecule has 192 valence electrons. The molecule has 0 fully saturated rings. The van der Waals surface area contributed by atoms with E-state index in [0.29, 0.717) is 9.90 Å². The van der Waals surface area contributed by atoms with Gasteiger partial charge in [-0.3, -0.25) is 9.59 Å². The van der Waals surface area contributed by atoms with Crippen molar-refractivity contribution in [1.82, 2.24) is 10.6 Å². The molecule has 0 saturated heterocycles. The number of carbonyl (C=O) groups is 2. The fourth-order valence-corrected chi connectivity index (χ4v) is 5.12. The van der Waals surface area contributed by atoms with E-state index in [0.717, 1.165) is 28.8 Å². The lowest BCUT2D eigenvalue weighted by Gasteiger charge is -2.21. The number of benzene rings is 3. The van der Waals surface area contributed by atoms with Crippen molar-refractivity contribution in [2.75, 3.05) is 0 Å². The molecule has 9 heteroatoms. The first-order valence-electron chi connectivity index (χ1n) is 11.6. The predicted molar refractivity (Wildman–Crippen MR) is 144 cm³/mol. The summed E-state index contributed by atoms with van der Waals surface area (Å²) in [6, 6.07) is 18.7. The SMILES string of the molecule is Cc1ccsc1C(C#N)NC(=O)[C@H](Cc1c(F)cccc1F)NC(=O)c1ccc(-c2ccccc2Cl)cc1. The molecule has 0 aliphatic carbocycles. The third-order valence-electron chi connectivity index (χ3n) is 6.00. The van der Waals surface area contributed by atoms with E-state index in [-0.39, 0.29) is 11.1 Å². The summed E-state index contributed by atoms with van der Waals surface area (Å²) in [4.78, 5) is 27.0. The van der Waals surface area contributed by atoms with E-state index < -0.39 is 42.0 Å². The van der Waals surface area contributed by atoms with E-state index in [4.69, 9.17) is 11.6 Å². The molecule has 0 saturated carbocycles. The molecule has 0 aliphatic rings. The van der Waals surface area contributed by atoms with E-state index in [1.165, 1.54) is 17.4 Å². The maximum absolute atomic E-state index is 14.4. The average molecular weight is 550 g/mol. The summed E-state index contributed by atoms with van der Waals surface area (Å²) in [6.07, 6.45) is -0.449. The van der Waals surface area contributed by atoms with Gasteiger partial charge in [-0.25, -0.2) is 8.78 Å². The molecule has 5 nitrogen and oxygen atoms in total. The van der Waals surface area contributed by atoms with Crippen LogP contribution in [0.5, 0.6) is 0 Å². The topological polar surface area (TPSA) is 82.0 Å². The number of carbonyl (C=O) groups excluding carboxylic acids is 2. The lowest BCUT2D eigenvalue weighted by atomic mass is 10.0. The molecular weight excluding hydrogens is 528 g/mol. The lowest BCUT2D eigenvalue weighted by molar-refractivity contribution is -0.123. The van der Waals surface area contributed by atoms with Crippen LogP contribution in [-0.2, 0) is 11.2 Å². The first-order valence-corrected chi connectivity index (χ1v) is 12.9. The zero-order valence-electron chi connectivity index (χ0n) is 20.2. The van der Waals surface area contributed by atoms with E-state index in [2.05, 4.69) is 10.6 Å². The Labute approximate surface area is 227 Å². The quantitative estimate of drug-likeness (QED) is 0.268. The molecule has 0 bridgehead atoms. The smallest absolute Gasteiger partial charge is 0.251 e. The molecule has 2 atom stereocenters. The minimum atomic E-state index is -1.35. The summed E-state index contributed by atoms with van der Waals surface area (Å²) in [7, 11) is 0. The number of hydrogen-bond acceptors (Lipinski definition) is 4. The summed E-state index contributed by atoms with van der Waals surface area (Å²) in [5, 5.41) is 17.2. The van der Waals surface area contributed by atoms with Crippen LogP contribution in [0.1, 0.15) is 32.4 Å². The molecule has 38 heavy (non-hydrogen) atoms. The Hall–Kier alpha value is -4.06. The first-order chi connectivity index (χ1) is 18.3. The van der Waals surface area contributed by atoms with Gasteiger partial charge in [0.25, 0.3) is 5.91 Å². The zero-order valence-corrected chi connectivity index (χ0v) is 21.7. The van der Waals surface area contributed by atoms with Crippen LogP contribution in [0.15, 0.2) is 78.2 Å². The fraction of sp³-hybridized carbons (Fsp3) is 0.138. The van der Waals surface area contributed by atoms with E-state index in [1.807, 2.05) is 37.3 Å². The third-order valence-corrected chi connectivity index (χ3v) is 7.42. The minimum absolute atomic E-state index is 0.235. The summed E-state index contributed by atoms with van der Waals surface area (Å²) in [6.45, 7) is 1.81. The number of amides is 2. The molecule has 2 amide bonds. The monoisotopic (exact) mass is 549 g/mol. The number of nitrogens with one attached hydrogen (secondary N) is 2. The number of hydrogen-bond donors (Lipinski definition) is 2. The minimum Gasteiger partial charge on any atom is -0.340 e. The highest BCUT2D eigenvalue weighted by Gasteiger charge is 2.28. The van der Waals surface area contributed by atoms with Crippen LogP contribution in [0.2, 0.25) is 5.02 Å². The standard InChI is InChI=1S/C29H22ClF2N3O2S/c1-17-13-14-38-27(17)26(16-33)35-29(37)25(15-21-23(31)7-4-8-24(21)32)34-28(36)19-11-9-18(10-12-19)20-5-2-3-6-22(20)30/h2-14,25-26H,15H2,1H3,(H,34,36)(H,35,37)/t25-,26?/m0/s1. The maximum atomic E-state index is 14.4. The number of rotatable bonds is 8. The van der Waals surface area contributed by atoms with Gasteiger partial charge in [-0.05, 0) is 59.8 Å². The van der Waals surface area contributed by atoms with Crippen molar-refractivity contribution in [3.8, 4) is 17.2 Å². The van der Waals surface area contributed by atoms with Crippen molar-refractivity contribution in [2.24, 2.45) is 0 Å². The molecule has 0 aliphatic heterocycles. The van der Waals surface area contributed by atoms with Gasteiger partial charge in [-0.2, -0.15) is 5.26 Å². The Balaban J connectivity index is 1.58. The van der Waals surface area contributed by atoms with Crippen LogP contribution in [-0.4, -0.2) is 17.9 Å². The van der Waals surface area contributed by atoms with E-state index >= 15 is 0 Å². The van der Waals surface area contributed by atoms with Crippen LogP contribution >= 0.6 is 22.9 Å². The predicted octanol–water partition coefficient (Wildman–Crippen LogP) is 6.38. The molecule has 3 aromatic carbocycles. The Morgan fingerprint density at radius 3 is 2.26 bits per heavy atom. The molecule has 4 aromatic rings. The third kappa shape index (κ3) is 6.08. The van der Waals surface area contributed by atoms with Gasteiger partial charge in [0.1, 0.15) is 17.7 Å². The molecular formula is C29H22ClF2N3O2S. The molecule has 1 heterocycles. The van der Waals surface area contributed by atoms with Crippen LogP contribution in [0.25, 0.3) is 11.1 Å². The van der Waals surface area contributed by atoms with Gasteiger partial charge in [-0.15, -0.1) is 11.3 Å². The number of aryl methyl sites for hydroxylation is 1.